The second kappa shape index (κ2) is 10.8. The van der Waals surface area contributed by atoms with E-state index in [2.05, 4.69) is 40.1 Å². The lowest BCUT2D eigenvalue weighted by molar-refractivity contribution is -0.237. The average Bonchev–Trinajstić information content (AvgIpc) is 3.21. The summed E-state index contributed by atoms with van der Waals surface area (Å²) in [5, 5.41) is 15.0. The number of hydrogen-bond donors (Lipinski definition) is 0. The fourth-order valence-corrected chi connectivity index (χ4v) is 5.06. The Balaban J connectivity index is 1.63. The zero-order chi connectivity index (χ0) is 24.0. The number of nitrogens with zero attached hydrogens (tertiary/aromatic N) is 12. The van der Waals surface area contributed by atoms with Gasteiger partial charge < -0.3 is 18.9 Å². The van der Waals surface area contributed by atoms with Gasteiger partial charge in [0.1, 0.15) is 12.1 Å². The Hall–Kier alpha value is -3.18. The molecule has 1 saturated heterocycles. The summed E-state index contributed by atoms with van der Waals surface area (Å²) in [5.74, 6) is -0.814. The first-order valence-electron chi connectivity index (χ1n) is 11.1. The molecule has 0 aromatic carbocycles. The van der Waals surface area contributed by atoms with Crippen molar-refractivity contribution in [2.45, 2.75) is 93.1 Å². The van der Waals surface area contributed by atoms with E-state index < -0.39 is 54.6 Å². The van der Waals surface area contributed by atoms with Gasteiger partial charge in [0, 0.05) is 32.5 Å². The highest BCUT2D eigenvalue weighted by molar-refractivity contribution is 5.09. The summed E-state index contributed by atoms with van der Waals surface area (Å²) >= 11 is 0. The molecule has 0 aromatic rings. The van der Waals surface area contributed by atoms with Gasteiger partial charge in [-0.3, -0.25) is 0 Å². The van der Waals surface area contributed by atoms with Crippen molar-refractivity contribution >= 4 is 0 Å². The lowest BCUT2D eigenvalue weighted by Gasteiger charge is -2.41. The summed E-state index contributed by atoms with van der Waals surface area (Å²) in [6.45, 7) is 0.0219. The molecule has 2 saturated carbocycles. The second-order valence-electron chi connectivity index (χ2n) is 8.55. The number of rotatable bonds is 7. The SMILES string of the molecule is [N-]=[N+]=NCC1C=CC(N=[N+]=[N-])[C@@H](O[C@@H]2C(N=[N+]=[N-])C[C@H](N=[N+]=[N-])C3OC4(CCCCC4)O[C@H]32)O1. The van der Waals surface area contributed by atoms with E-state index in [1.54, 1.807) is 12.2 Å². The molecule has 0 radical (unpaired) electrons. The van der Waals surface area contributed by atoms with E-state index in [1.807, 2.05) is 0 Å². The molecule has 2 aliphatic heterocycles. The third-order valence-corrected chi connectivity index (χ3v) is 6.52. The van der Waals surface area contributed by atoms with Crippen LogP contribution < -0.4 is 0 Å². The molecule has 4 aliphatic rings. The average molecular weight is 472 g/mol. The minimum Gasteiger partial charge on any atom is -0.345 e. The van der Waals surface area contributed by atoms with Crippen LogP contribution in [0, 0.1) is 0 Å². The third-order valence-electron chi connectivity index (χ3n) is 6.52. The Morgan fingerprint density at radius 3 is 2.26 bits per heavy atom. The number of fused-ring (bicyclic) bond motifs is 1. The van der Waals surface area contributed by atoms with E-state index in [0.29, 0.717) is 12.8 Å². The van der Waals surface area contributed by atoms with Crippen LogP contribution in [0.5, 0.6) is 0 Å². The molecule has 8 atom stereocenters. The standard InChI is InChI=1S/C18H24N12O4/c19-27-23-9-10-4-5-11(24-28-20)17(31-10)32-14-12(25-29-21)8-13(26-30-22)15-16(14)34-18(33-15)6-2-1-3-7-18/h4-5,10-17H,1-3,6-9H2/t10?,11?,12?,13-,14+,15?,16-,17+/m0/s1. The van der Waals surface area contributed by atoms with Crippen molar-refractivity contribution in [2.75, 3.05) is 6.54 Å². The second-order valence-corrected chi connectivity index (χ2v) is 8.55. The zero-order valence-corrected chi connectivity index (χ0v) is 18.2. The van der Waals surface area contributed by atoms with Crippen molar-refractivity contribution in [3.63, 3.8) is 0 Å². The Morgan fingerprint density at radius 1 is 0.853 bits per heavy atom. The molecule has 4 unspecified atom stereocenters. The Kier molecular flexibility index (Phi) is 7.63. The van der Waals surface area contributed by atoms with Gasteiger partial charge in [0.25, 0.3) is 0 Å². The van der Waals surface area contributed by atoms with Crippen LogP contribution in [0.4, 0.5) is 0 Å². The van der Waals surface area contributed by atoms with E-state index in [9.17, 15) is 5.53 Å². The topological polar surface area (TPSA) is 232 Å². The van der Waals surface area contributed by atoms with E-state index in [4.69, 9.17) is 35.5 Å². The number of hydrogen-bond acceptors (Lipinski definition) is 8. The van der Waals surface area contributed by atoms with Crippen LogP contribution in [0.2, 0.25) is 0 Å². The summed E-state index contributed by atoms with van der Waals surface area (Å²) in [6, 6.07) is -2.16. The fraction of sp³-hybridized carbons (Fsp3) is 0.889. The predicted molar refractivity (Wildman–Crippen MR) is 116 cm³/mol. The van der Waals surface area contributed by atoms with Crippen molar-refractivity contribution in [3.8, 4) is 0 Å². The van der Waals surface area contributed by atoms with Crippen LogP contribution >= 0.6 is 0 Å². The Bertz CT molecular complexity index is 975. The zero-order valence-electron chi connectivity index (χ0n) is 18.2. The number of azide groups is 4. The molecular weight excluding hydrogens is 448 g/mol. The van der Waals surface area contributed by atoms with E-state index in [0.717, 1.165) is 19.3 Å². The molecule has 0 aromatic heterocycles. The maximum Gasteiger partial charge on any atom is 0.170 e. The van der Waals surface area contributed by atoms with Gasteiger partial charge in [-0.15, -0.1) is 0 Å². The molecule has 34 heavy (non-hydrogen) atoms. The van der Waals surface area contributed by atoms with E-state index in [1.165, 1.54) is 0 Å². The number of ether oxygens (including phenoxy) is 4. The molecule has 0 amide bonds. The molecule has 2 aliphatic carbocycles. The monoisotopic (exact) mass is 472 g/mol. The van der Waals surface area contributed by atoms with Crippen molar-refractivity contribution in [1.29, 1.82) is 0 Å². The summed E-state index contributed by atoms with van der Waals surface area (Å²) in [4.78, 5) is 11.5. The van der Waals surface area contributed by atoms with Crippen LogP contribution in [0.25, 0.3) is 41.8 Å². The van der Waals surface area contributed by atoms with Crippen LogP contribution in [-0.4, -0.2) is 61.2 Å². The quantitative estimate of drug-likeness (QED) is 0.218. The highest BCUT2D eigenvalue weighted by atomic mass is 16.8. The molecule has 16 heteroatoms. The van der Waals surface area contributed by atoms with Crippen molar-refractivity contribution < 1.29 is 18.9 Å². The molecule has 1 spiro atoms. The Labute approximate surface area is 193 Å². The largest absolute Gasteiger partial charge is 0.345 e. The summed E-state index contributed by atoms with van der Waals surface area (Å²) in [5.41, 5.74) is 35.9. The van der Waals surface area contributed by atoms with Crippen LogP contribution in [-0.2, 0) is 18.9 Å². The highest BCUT2D eigenvalue weighted by Gasteiger charge is 2.58. The molecule has 16 nitrogen and oxygen atoms in total. The predicted octanol–water partition coefficient (Wildman–Crippen LogP) is 4.85. The Morgan fingerprint density at radius 2 is 1.56 bits per heavy atom. The smallest absolute Gasteiger partial charge is 0.170 e. The molecule has 3 fully saturated rings. The van der Waals surface area contributed by atoms with Crippen molar-refractivity contribution in [1.82, 2.24) is 0 Å². The first-order valence-corrected chi connectivity index (χ1v) is 11.1. The van der Waals surface area contributed by atoms with Crippen LogP contribution in [0.15, 0.2) is 32.6 Å². The summed E-state index contributed by atoms with van der Waals surface area (Å²) in [6.07, 6.45) is 4.02. The highest BCUT2D eigenvalue weighted by Crippen LogP contribution is 2.47. The van der Waals surface area contributed by atoms with Gasteiger partial charge in [0.15, 0.2) is 12.1 Å². The molecular formula is C18H24N12O4. The minimum absolute atomic E-state index is 0.0219. The van der Waals surface area contributed by atoms with Gasteiger partial charge in [-0.25, -0.2) is 0 Å². The lowest BCUT2D eigenvalue weighted by atomic mass is 9.84. The maximum atomic E-state index is 9.19. The fourth-order valence-electron chi connectivity index (χ4n) is 5.06. The molecule has 0 N–H and O–H groups in total. The molecule has 0 bridgehead atoms. The lowest BCUT2D eigenvalue weighted by Crippen LogP contribution is -2.56. The van der Waals surface area contributed by atoms with E-state index >= 15 is 0 Å². The molecule has 4 rings (SSSR count). The molecule has 2 heterocycles. The van der Waals surface area contributed by atoms with E-state index in [-0.39, 0.29) is 13.0 Å². The first kappa shape index (κ1) is 24.0. The van der Waals surface area contributed by atoms with Crippen molar-refractivity contribution in [3.05, 3.63) is 53.9 Å². The normalized spacial score (nSPS) is 37.9. The van der Waals surface area contributed by atoms with Crippen molar-refractivity contribution in [2.24, 2.45) is 20.5 Å². The summed E-state index contributed by atoms with van der Waals surface area (Å²) < 4.78 is 25.0. The van der Waals surface area contributed by atoms with Gasteiger partial charge in [-0.1, -0.05) is 39.0 Å². The van der Waals surface area contributed by atoms with Crippen LogP contribution in [0.1, 0.15) is 38.5 Å². The third kappa shape index (κ3) is 5.00. The summed E-state index contributed by atoms with van der Waals surface area (Å²) in [7, 11) is 0. The molecule has 180 valence electrons. The van der Waals surface area contributed by atoms with Gasteiger partial charge in [-0.05, 0) is 41.4 Å². The van der Waals surface area contributed by atoms with Gasteiger partial charge >= 0.3 is 0 Å². The van der Waals surface area contributed by atoms with Gasteiger partial charge in [-0.2, -0.15) is 0 Å². The van der Waals surface area contributed by atoms with Gasteiger partial charge in [0.2, 0.25) is 0 Å². The van der Waals surface area contributed by atoms with Crippen LogP contribution in [0.3, 0.4) is 0 Å². The maximum absolute atomic E-state index is 9.19. The van der Waals surface area contributed by atoms with Gasteiger partial charge in [0.05, 0.1) is 36.9 Å². The first-order chi connectivity index (χ1) is 16.6. The minimum atomic E-state index is -1.05.